The number of hydrogen-bond acceptors (Lipinski definition) is 5. The molecule has 2 heterocycles. The summed E-state index contributed by atoms with van der Waals surface area (Å²) in [7, 11) is 0. The first-order chi connectivity index (χ1) is 14.0. The molecule has 0 unspecified atom stereocenters. The zero-order valence-electron chi connectivity index (χ0n) is 15.4. The average Bonchev–Trinajstić information content (AvgIpc) is 3.28. The molecule has 1 aliphatic heterocycles. The fourth-order valence-electron chi connectivity index (χ4n) is 3.42. The molecule has 0 radical (unpaired) electrons. The maximum absolute atomic E-state index is 12.8. The number of nitro groups is 1. The Morgan fingerprint density at radius 2 is 1.79 bits per heavy atom. The van der Waals surface area contributed by atoms with Crippen molar-refractivity contribution in [2.45, 2.75) is 0 Å². The minimum atomic E-state index is -0.431. The molecule has 1 aliphatic rings. The fourth-order valence-corrected chi connectivity index (χ4v) is 3.59. The molecule has 4 rings (SSSR count). The quantitative estimate of drug-likeness (QED) is 0.485. The van der Waals surface area contributed by atoms with Crippen LogP contribution in [0.1, 0.15) is 10.4 Å². The van der Waals surface area contributed by atoms with Crippen LogP contribution in [0.3, 0.4) is 0 Å². The van der Waals surface area contributed by atoms with E-state index in [4.69, 9.17) is 11.6 Å². The predicted molar refractivity (Wildman–Crippen MR) is 110 cm³/mol. The van der Waals surface area contributed by atoms with Gasteiger partial charge in [-0.15, -0.1) is 0 Å². The van der Waals surface area contributed by atoms with Crippen LogP contribution >= 0.6 is 11.6 Å². The van der Waals surface area contributed by atoms with Crippen LogP contribution in [0.25, 0.3) is 5.69 Å². The number of benzene rings is 2. The highest BCUT2D eigenvalue weighted by atomic mass is 35.5. The van der Waals surface area contributed by atoms with E-state index in [0.29, 0.717) is 42.5 Å². The van der Waals surface area contributed by atoms with Gasteiger partial charge in [0.25, 0.3) is 11.6 Å². The molecule has 1 fully saturated rings. The molecule has 9 heteroatoms. The lowest BCUT2D eigenvalue weighted by Crippen LogP contribution is -2.49. The monoisotopic (exact) mass is 411 g/mol. The number of rotatable bonds is 4. The fraction of sp³-hybridized carbons (Fsp3) is 0.200. The molecule has 1 saturated heterocycles. The standard InChI is InChI=1S/C20H18ClN5O3/c21-16-4-7-18(19(14-16)26(28)29)23-10-12-24(13-11-23)20(27)15-2-5-17(6-3-15)25-9-1-8-22-25/h1-9,14H,10-13H2. The molecule has 0 bridgehead atoms. The number of nitro benzene ring substituents is 1. The third-order valence-corrected chi connectivity index (χ3v) is 5.16. The highest BCUT2D eigenvalue weighted by Crippen LogP contribution is 2.31. The maximum atomic E-state index is 12.8. The van der Waals surface area contributed by atoms with Crippen molar-refractivity contribution in [2.75, 3.05) is 31.1 Å². The molecule has 0 saturated carbocycles. The van der Waals surface area contributed by atoms with Crippen molar-refractivity contribution >= 4 is 28.9 Å². The Morgan fingerprint density at radius 3 is 2.41 bits per heavy atom. The molecule has 1 amide bonds. The van der Waals surface area contributed by atoms with Gasteiger partial charge in [-0.2, -0.15) is 5.10 Å². The lowest BCUT2D eigenvalue weighted by molar-refractivity contribution is -0.384. The molecule has 8 nitrogen and oxygen atoms in total. The SMILES string of the molecule is O=C(c1ccc(-n2cccn2)cc1)N1CCN(c2ccc(Cl)cc2[N+](=O)[O-])CC1. The summed E-state index contributed by atoms with van der Waals surface area (Å²) >= 11 is 5.89. The second-order valence-corrected chi connectivity index (χ2v) is 7.10. The molecule has 2 aromatic carbocycles. The maximum Gasteiger partial charge on any atom is 0.294 e. The van der Waals surface area contributed by atoms with Gasteiger partial charge in [0.05, 0.1) is 10.6 Å². The van der Waals surface area contributed by atoms with Crippen molar-refractivity contribution in [3.8, 4) is 5.69 Å². The van der Waals surface area contributed by atoms with Crippen LogP contribution in [-0.2, 0) is 0 Å². The molecule has 29 heavy (non-hydrogen) atoms. The Morgan fingerprint density at radius 1 is 1.07 bits per heavy atom. The van der Waals surface area contributed by atoms with Gasteiger partial charge in [0.1, 0.15) is 5.69 Å². The van der Waals surface area contributed by atoms with Gasteiger partial charge in [0.2, 0.25) is 0 Å². The zero-order chi connectivity index (χ0) is 20.4. The van der Waals surface area contributed by atoms with E-state index in [0.717, 1.165) is 5.69 Å². The highest BCUT2D eigenvalue weighted by molar-refractivity contribution is 6.30. The second-order valence-electron chi connectivity index (χ2n) is 6.67. The molecule has 1 aromatic heterocycles. The summed E-state index contributed by atoms with van der Waals surface area (Å²) in [6.45, 7) is 2.00. The lowest BCUT2D eigenvalue weighted by atomic mass is 10.1. The van der Waals surface area contributed by atoms with Gasteiger partial charge in [-0.1, -0.05) is 11.6 Å². The van der Waals surface area contributed by atoms with Crippen LogP contribution < -0.4 is 4.90 Å². The molecule has 0 N–H and O–H groups in total. The van der Waals surface area contributed by atoms with Crippen LogP contribution in [0.5, 0.6) is 0 Å². The molecule has 0 spiro atoms. The normalized spacial score (nSPS) is 14.1. The smallest absolute Gasteiger partial charge is 0.294 e. The van der Waals surface area contributed by atoms with E-state index in [2.05, 4.69) is 5.10 Å². The number of piperazine rings is 1. The number of hydrogen-bond donors (Lipinski definition) is 0. The Kier molecular flexibility index (Phi) is 5.18. The summed E-state index contributed by atoms with van der Waals surface area (Å²) in [6.07, 6.45) is 3.54. The summed E-state index contributed by atoms with van der Waals surface area (Å²) in [5, 5.41) is 15.8. The first kappa shape index (κ1) is 18.9. The van der Waals surface area contributed by atoms with E-state index in [-0.39, 0.29) is 11.6 Å². The average molecular weight is 412 g/mol. The molecule has 3 aromatic rings. The number of anilines is 1. The number of nitrogens with zero attached hydrogens (tertiary/aromatic N) is 5. The first-order valence-electron chi connectivity index (χ1n) is 9.11. The van der Waals surface area contributed by atoms with Crippen LogP contribution in [0.2, 0.25) is 5.02 Å². The molecular formula is C20H18ClN5O3. The third kappa shape index (κ3) is 3.93. The van der Waals surface area contributed by atoms with Crippen LogP contribution in [0.15, 0.2) is 60.9 Å². The number of halogens is 1. The summed E-state index contributed by atoms with van der Waals surface area (Å²) in [6, 6.07) is 13.8. The van der Waals surface area contributed by atoms with E-state index >= 15 is 0 Å². The number of amides is 1. The van der Waals surface area contributed by atoms with E-state index < -0.39 is 4.92 Å². The van der Waals surface area contributed by atoms with E-state index in [1.54, 1.807) is 40.0 Å². The van der Waals surface area contributed by atoms with Crippen molar-refractivity contribution in [1.82, 2.24) is 14.7 Å². The van der Waals surface area contributed by atoms with Crippen molar-refractivity contribution in [2.24, 2.45) is 0 Å². The van der Waals surface area contributed by atoms with Gasteiger partial charge >= 0.3 is 0 Å². The van der Waals surface area contributed by atoms with Gasteiger partial charge in [-0.3, -0.25) is 14.9 Å². The summed E-state index contributed by atoms with van der Waals surface area (Å²) in [5.74, 6) is -0.0535. The van der Waals surface area contributed by atoms with Crippen LogP contribution in [0.4, 0.5) is 11.4 Å². The number of carbonyl (C=O) groups excluding carboxylic acids is 1. The lowest BCUT2D eigenvalue weighted by Gasteiger charge is -2.35. The highest BCUT2D eigenvalue weighted by Gasteiger charge is 2.26. The van der Waals surface area contributed by atoms with E-state index in [1.807, 2.05) is 29.3 Å². The minimum Gasteiger partial charge on any atom is -0.362 e. The number of aromatic nitrogens is 2. The Hall–Kier alpha value is -3.39. The molecule has 148 valence electrons. The molecule has 0 atom stereocenters. The van der Waals surface area contributed by atoms with Crippen molar-refractivity contribution in [3.05, 3.63) is 81.6 Å². The van der Waals surface area contributed by atoms with Gasteiger partial charge in [-0.25, -0.2) is 4.68 Å². The molecular weight excluding hydrogens is 394 g/mol. The topological polar surface area (TPSA) is 84.5 Å². The van der Waals surface area contributed by atoms with E-state index in [9.17, 15) is 14.9 Å². The Labute approximate surface area is 172 Å². The predicted octanol–water partition coefficient (Wildman–Crippen LogP) is 3.40. The van der Waals surface area contributed by atoms with Gasteiger partial charge < -0.3 is 9.80 Å². The van der Waals surface area contributed by atoms with Gasteiger partial charge in [0.15, 0.2) is 0 Å². The van der Waals surface area contributed by atoms with Crippen molar-refractivity contribution < 1.29 is 9.72 Å². The zero-order valence-corrected chi connectivity index (χ0v) is 16.2. The summed E-state index contributed by atoms with van der Waals surface area (Å²) in [5.41, 5.74) is 1.99. The summed E-state index contributed by atoms with van der Waals surface area (Å²) in [4.78, 5) is 27.4. The second kappa shape index (κ2) is 7.92. The Balaban J connectivity index is 1.43. The van der Waals surface area contributed by atoms with Crippen molar-refractivity contribution in [1.29, 1.82) is 0 Å². The summed E-state index contributed by atoms with van der Waals surface area (Å²) < 4.78 is 1.73. The van der Waals surface area contributed by atoms with Gasteiger partial charge in [0, 0.05) is 55.2 Å². The van der Waals surface area contributed by atoms with E-state index in [1.165, 1.54) is 6.07 Å². The van der Waals surface area contributed by atoms with Gasteiger partial charge in [-0.05, 0) is 42.5 Å². The molecule has 0 aliphatic carbocycles. The minimum absolute atomic E-state index is 0.0218. The third-order valence-electron chi connectivity index (χ3n) is 4.92. The van der Waals surface area contributed by atoms with Crippen molar-refractivity contribution in [3.63, 3.8) is 0 Å². The van der Waals surface area contributed by atoms with Crippen LogP contribution in [-0.4, -0.2) is 51.7 Å². The van der Waals surface area contributed by atoms with Crippen LogP contribution in [0, 0.1) is 10.1 Å². The number of carbonyl (C=O) groups is 1. The first-order valence-corrected chi connectivity index (χ1v) is 9.49. The Bertz CT molecular complexity index is 1030. The largest absolute Gasteiger partial charge is 0.362 e.